The molecule has 2 aromatic rings. The minimum absolute atomic E-state index is 0. The molecule has 0 radical (unpaired) electrons. The number of aliphatic imine (C=N–C) groups is 1. The number of unbranched alkanes of at least 4 members (excludes halogenated alkanes) is 2. The molecule has 0 bridgehead atoms. The fraction of sp³-hybridized carbons (Fsp3) is 0.545. The highest BCUT2D eigenvalue weighted by atomic mass is 127. The number of benzene rings is 1. The Hall–Kier alpha value is -1.77. The number of guanidine groups is 1. The first-order valence-corrected chi connectivity index (χ1v) is 10.2. The van der Waals surface area contributed by atoms with Gasteiger partial charge >= 0.3 is 0 Å². The Morgan fingerprint density at radius 1 is 1.14 bits per heavy atom. The van der Waals surface area contributed by atoms with E-state index < -0.39 is 0 Å². The van der Waals surface area contributed by atoms with Gasteiger partial charge in [0.25, 0.3) is 0 Å². The standard InChI is InChI=1S/C22H34N4O2.HI/c1-6-8-9-12-27-20-13-16(3)10-11-19(20)14-24-22(23-7-2)25-15-21-26-17(4)18(5)28-21;/h10-11,13H,6-9,12,14-15H2,1-5H3,(H2,23,24,25);1H. The zero-order valence-corrected chi connectivity index (χ0v) is 20.6. The monoisotopic (exact) mass is 514 g/mol. The number of oxazole rings is 1. The molecule has 0 fully saturated rings. The molecule has 1 aromatic heterocycles. The van der Waals surface area contributed by atoms with Crippen molar-refractivity contribution in [2.45, 2.75) is 67.0 Å². The first-order chi connectivity index (χ1) is 13.5. The Labute approximate surface area is 191 Å². The fourth-order valence-electron chi connectivity index (χ4n) is 2.74. The van der Waals surface area contributed by atoms with Crippen molar-refractivity contribution in [1.82, 2.24) is 15.6 Å². The van der Waals surface area contributed by atoms with Crippen molar-refractivity contribution in [2.24, 2.45) is 4.99 Å². The SMILES string of the molecule is CCCCCOc1cc(C)ccc1CN=C(NCC)NCc1nc(C)c(C)o1.I. The Bertz CT molecular complexity index is 755. The predicted molar refractivity (Wildman–Crippen MR) is 129 cm³/mol. The zero-order chi connectivity index (χ0) is 20.4. The van der Waals surface area contributed by atoms with E-state index >= 15 is 0 Å². The van der Waals surface area contributed by atoms with Crippen molar-refractivity contribution >= 4 is 29.9 Å². The third kappa shape index (κ3) is 8.64. The summed E-state index contributed by atoms with van der Waals surface area (Å²) in [6, 6.07) is 6.29. The highest BCUT2D eigenvalue weighted by molar-refractivity contribution is 14.0. The van der Waals surface area contributed by atoms with E-state index in [0.29, 0.717) is 19.0 Å². The maximum absolute atomic E-state index is 6.02. The van der Waals surface area contributed by atoms with Crippen LogP contribution in [0.5, 0.6) is 5.75 Å². The van der Waals surface area contributed by atoms with Gasteiger partial charge in [0, 0.05) is 12.1 Å². The molecule has 0 aliphatic rings. The predicted octanol–water partition coefficient (Wildman–Crippen LogP) is 5.04. The maximum atomic E-state index is 6.02. The molecule has 0 aliphatic carbocycles. The van der Waals surface area contributed by atoms with Crippen LogP contribution in [0, 0.1) is 20.8 Å². The van der Waals surface area contributed by atoms with Gasteiger partial charge in [-0.2, -0.15) is 0 Å². The van der Waals surface area contributed by atoms with Crippen LogP contribution in [0.25, 0.3) is 0 Å². The molecule has 0 saturated carbocycles. The zero-order valence-electron chi connectivity index (χ0n) is 18.3. The molecule has 2 N–H and O–H groups in total. The van der Waals surface area contributed by atoms with Gasteiger partial charge in [-0.3, -0.25) is 0 Å². The molecule has 0 spiro atoms. The second-order valence-corrected chi connectivity index (χ2v) is 6.96. The molecule has 29 heavy (non-hydrogen) atoms. The normalized spacial score (nSPS) is 11.1. The van der Waals surface area contributed by atoms with Gasteiger partial charge in [-0.25, -0.2) is 9.98 Å². The molecule has 1 aromatic carbocycles. The molecule has 0 saturated heterocycles. The number of hydrogen-bond acceptors (Lipinski definition) is 4. The third-order valence-corrected chi connectivity index (χ3v) is 4.46. The van der Waals surface area contributed by atoms with Crippen molar-refractivity contribution in [3.63, 3.8) is 0 Å². The van der Waals surface area contributed by atoms with Gasteiger partial charge in [0.2, 0.25) is 5.89 Å². The lowest BCUT2D eigenvalue weighted by Crippen LogP contribution is -2.36. The summed E-state index contributed by atoms with van der Waals surface area (Å²) in [4.78, 5) is 9.11. The summed E-state index contributed by atoms with van der Waals surface area (Å²) in [5, 5.41) is 6.54. The van der Waals surface area contributed by atoms with Gasteiger partial charge in [0.15, 0.2) is 5.96 Å². The molecular weight excluding hydrogens is 479 g/mol. The number of ether oxygens (including phenoxy) is 1. The molecular formula is C22H35IN4O2. The minimum atomic E-state index is 0. The van der Waals surface area contributed by atoms with Crippen LogP contribution in [0.15, 0.2) is 27.6 Å². The van der Waals surface area contributed by atoms with Crippen LogP contribution in [0.3, 0.4) is 0 Å². The van der Waals surface area contributed by atoms with E-state index in [0.717, 1.165) is 48.3 Å². The van der Waals surface area contributed by atoms with Gasteiger partial charge in [0.1, 0.15) is 11.5 Å². The van der Waals surface area contributed by atoms with Crippen LogP contribution in [0.1, 0.15) is 61.6 Å². The van der Waals surface area contributed by atoms with E-state index in [1.165, 1.54) is 18.4 Å². The number of halogens is 1. The molecule has 0 atom stereocenters. The highest BCUT2D eigenvalue weighted by Crippen LogP contribution is 2.21. The Morgan fingerprint density at radius 2 is 1.93 bits per heavy atom. The van der Waals surface area contributed by atoms with Crippen LogP contribution in [-0.4, -0.2) is 24.1 Å². The molecule has 7 heteroatoms. The van der Waals surface area contributed by atoms with E-state index in [1.807, 2.05) is 20.8 Å². The summed E-state index contributed by atoms with van der Waals surface area (Å²) < 4.78 is 11.6. The molecule has 0 amide bonds. The smallest absolute Gasteiger partial charge is 0.214 e. The highest BCUT2D eigenvalue weighted by Gasteiger charge is 2.08. The number of aryl methyl sites for hydroxylation is 3. The molecule has 162 valence electrons. The third-order valence-electron chi connectivity index (χ3n) is 4.46. The quantitative estimate of drug-likeness (QED) is 0.201. The Morgan fingerprint density at radius 3 is 2.59 bits per heavy atom. The number of nitrogens with one attached hydrogen (secondary N) is 2. The van der Waals surface area contributed by atoms with Crippen molar-refractivity contribution < 1.29 is 9.15 Å². The lowest BCUT2D eigenvalue weighted by molar-refractivity contribution is 0.303. The number of aromatic nitrogens is 1. The van der Waals surface area contributed by atoms with Crippen LogP contribution in [0.2, 0.25) is 0 Å². The fourth-order valence-corrected chi connectivity index (χ4v) is 2.74. The first-order valence-electron chi connectivity index (χ1n) is 10.2. The van der Waals surface area contributed by atoms with E-state index in [4.69, 9.17) is 14.1 Å². The van der Waals surface area contributed by atoms with E-state index in [-0.39, 0.29) is 24.0 Å². The first kappa shape index (κ1) is 25.3. The van der Waals surface area contributed by atoms with Crippen LogP contribution < -0.4 is 15.4 Å². The van der Waals surface area contributed by atoms with Gasteiger partial charge in [0.05, 0.1) is 25.4 Å². The lowest BCUT2D eigenvalue weighted by atomic mass is 10.1. The van der Waals surface area contributed by atoms with Gasteiger partial charge in [-0.05, 0) is 45.7 Å². The largest absolute Gasteiger partial charge is 0.493 e. The lowest BCUT2D eigenvalue weighted by Gasteiger charge is -2.13. The van der Waals surface area contributed by atoms with Gasteiger partial charge in [-0.15, -0.1) is 24.0 Å². The number of hydrogen-bond donors (Lipinski definition) is 2. The van der Waals surface area contributed by atoms with E-state index in [2.05, 4.69) is 47.7 Å². The topological polar surface area (TPSA) is 71.7 Å². The average Bonchev–Trinajstić information content (AvgIpc) is 3.00. The molecule has 6 nitrogen and oxygen atoms in total. The number of nitrogens with zero attached hydrogens (tertiary/aromatic N) is 2. The van der Waals surface area contributed by atoms with Gasteiger partial charge < -0.3 is 19.8 Å². The van der Waals surface area contributed by atoms with Crippen LogP contribution in [0.4, 0.5) is 0 Å². The second-order valence-electron chi connectivity index (χ2n) is 6.96. The maximum Gasteiger partial charge on any atom is 0.214 e. The summed E-state index contributed by atoms with van der Waals surface area (Å²) >= 11 is 0. The van der Waals surface area contributed by atoms with Crippen molar-refractivity contribution in [2.75, 3.05) is 13.2 Å². The Kier molecular flexibility index (Phi) is 11.7. The summed E-state index contributed by atoms with van der Waals surface area (Å²) in [5.74, 6) is 3.17. The van der Waals surface area contributed by atoms with E-state index in [1.54, 1.807) is 0 Å². The van der Waals surface area contributed by atoms with Crippen LogP contribution in [-0.2, 0) is 13.1 Å². The molecule has 0 unspecified atom stereocenters. The summed E-state index contributed by atoms with van der Waals surface area (Å²) in [6.45, 7) is 12.8. The molecule has 2 rings (SSSR count). The summed E-state index contributed by atoms with van der Waals surface area (Å²) in [5.41, 5.74) is 3.20. The number of rotatable bonds is 10. The molecule has 1 heterocycles. The van der Waals surface area contributed by atoms with Crippen molar-refractivity contribution in [1.29, 1.82) is 0 Å². The average molecular weight is 514 g/mol. The summed E-state index contributed by atoms with van der Waals surface area (Å²) in [7, 11) is 0. The van der Waals surface area contributed by atoms with E-state index in [9.17, 15) is 0 Å². The molecule has 0 aliphatic heterocycles. The van der Waals surface area contributed by atoms with Gasteiger partial charge in [-0.1, -0.05) is 31.9 Å². The minimum Gasteiger partial charge on any atom is -0.493 e. The summed E-state index contributed by atoms with van der Waals surface area (Å²) in [6.07, 6.45) is 3.45. The second kappa shape index (κ2) is 13.5. The Balaban J connectivity index is 0.00000420. The van der Waals surface area contributed by atoms with Crippen molar-refractivity contribution in [3.8, 4) is 5.75 Å². The van der Waals surface area contributed by atoms with Crippen LogP contribution >= 0.6 is 24.0 Å². The van der Waals surface area contributed by atoms with Crippen molar-refractivity contribution in [3.05, 3.63) is 46.7 Å².